The lowest BCUT2D eigenvalue weighted by Crippen LogP contribution is -2.14. The minimum Gasteiger partial charge on any atom is -0.392 e. The Kier molecular flexibility index (Phi) is 3.93. The van der Waals surface area contributed by atoms with Crippen molar-refractivity contribution in [2.75, 3.05) is 0 Å². The number of benzene rings is 2. The van der Waals surface area contributed by atoms with Gasteiger partial charge in [0.25, 0.3) is 0 Å². The minimum atomic E-state index is -0.499. The van der Waals surface area contributed by atoms with Crippen molar-refractivity contribution in [2.24, 2.45) is 0 Å². The van der Waals surface area contributed by atoms with Crippen molar-refractivity contribution in [1.29, 1.82) is 0 Å². The van der Waals surface area contributed by atoms with Crippen LogP contribution in [0.5, 0.6) is 0 Å². The highest BCUT2D eigenvalue weighted by Crippen LogP contribution is 2.18. The summed E-state index contributed by atoms with van der Waals surface area (Å²) >= 11 is 0. The molecular weight excluding hydrogens is 265 g/mol. The number of halogens is 1. The van der Waals surface area contributed by atoms with Crippen molar-refractivity contribution in [3.63, 3.8) is 0 Å². The van der Waals surface area contributed by atoms with Crippen molar-refractivity contribution in [3.05, 3.63) is 77.7 Å². The van der Waals surface area contributed by atoms with E-state index in [1.54, 1.807) is 18.3 Å². The Hall–Kier alpha value is -2.26. The molecule has 0 spiro atoms. The maximum atomic E-state index is 12.9. The summed E-state index contributed by atoms with van der Waals surface area (Å²) in [5.41, 5.74) is 2.95. The summed E-state index contributed by atoms with van der Waals surface area (Å²) in [6.45, 7) is 0. The highest BCUT2D eigenvalue weighted by atomic mass is 19.1. The SMILES string of the molecule is OC(Cc1ccc(F)cc1)Cc1ccnc2ccccc12. The Bertz CT molecular complexity index is 734. The van der Waals surface area contributed by atoms with Crippen molar-refractivity contribution < 1.29 is 9.50 Å². The van der Waals surface area contributed by atoms with Gasteiger partial charge in [-0.3, -0.25) is 4.98 Å². The van der Waals surface area contributed by atoms with Crippen LogP contribution in [0, 0.1) is 5.82 Å². The second kappa shape index (κ2) is 6.02. The van der Waals surface area contributed by atoms with E-state index in [0.29, 0.717) is 12.8 Å². The van der Waals surface area contributed by atoms with E-state index in [-0.39, 0.29) is 5.82 Å². The Labute approximate surface area is 122 Å². The van der Waals surface area contributed by atoms with E-state index < -0.39 is 6.10 Å². The van der Waals surface area contributed by atoms with E-state index in [1.807, 2.05) is 30.3 Å². The lowest BCUT2D eigenvalue weighted by molar-refractivity contribution is 0.175. The van der Waals surface area contributed by atoms with E-state index in [9.17, 15) is 9.50 Å². The van der Waals surface area contributed by atoms with Gasteiger partial charge in [0.1, 0.15) is 5.82 Å². The number of aliphatic hydroxyl groups is 1. The highest BCUT2D eigenvalue weighted by Gasteiger charge is 2.10. The molecule has 0 aliphatic rings. The van der Waals surface area contributed by atoms with Gasteiger partial charge in [-0.1, -0.05) is 30.3 Å². The Balaban J connectivity index is 1.77. The zero-order valence-corrected chi connectivity index (χ0v) is 11.5. The van der Waals surface area contributed by atoms with Crippen LogP contribution in [0.25, 0.3) is 10.9 Å². The first-order chi connectivity index (χ1) is 10.2. The molecule has 1 heterocycles. The molecule has 1 N–H and O–H groups in total. The average molecular weight is 281 g/mol. The predicted molar refractivity (Wildman–Crippen MR) is 81.6 cm³/mol. The fourth-order valence-electron chi connectivity index (χ4n) is 2.55. The molecule has 0 saturated heterocycles. The van der Waals surface area contributed by atoms with Gasteiger partial charge in [0.15, 0.2) is 0 Å². The molecular formula is C18H16FNO. The largest absolute Gasteiger partial charge is 0.392 e. The van der Waals surface area contributed by atoms with E-state index >= 15 is 0 Å². The first kappa shape index (κ1) is 13.7. The highest BCUT2D eigenvalue weighted by molar-refractivity contribution is 5.81. The number of nitrogens with zero attached hydrogens (tertiary/aromatic N) is 1. The van der Waals surface area contributed by atoms with Crippen LogP contribution in [-0.4, -0.2) is 16.2 Å². The van der Waals surface area contributed by atoms with Gasteiger partial charge in [0, 0.05) is 11.6 Å². The summed E-state index contributed by atoms with van der Waals surface area (Å²) in [6, 6.07) is 16.1. The first-order valence-corrected chi connectivity index (χ1v) is 6.97. The number of fused-ring (bicyclic) bond motifs is 1. The second-order valence-corrected chi connectivity index (χ2v) is 5.18. The number of aliphatic hydroxyl groups excluding tert-OH is 1. The summed E-state index contributed by atoms with van der Waals surface area (Å²) in [6.07, 6.45) is 2.33. The fraction of sp³-hybridized carbons (Fsp3) is 0.167. The zero-order valence-electron chi connectivity index (χ0n) is 11.5. The van der Waals surface area contributed by atoms with Crippen LogP contribution in [0.3, 0.4) is 0 Å². The molecule has 0 aliphatic carbocycles. The summed E-state index contributed by atoms with van der Waals surface area (Å²) in [7, 11) is 0. The molecule has 0 fully saturated rings. The van der Waals surface area contributed by atoms with Crippen molar-refractivity contribution in [3.8, 4) is 0 Å². The van der Waals surface area contributed by atoms with Crippen LogP contribution >= 0.6 is 0 Å². The summed E-state index contributed by atoms with van der Waals surface area (Å²) in [5.74, 6) is -0.256. The molecule has 2 aromatic carbocycles. The van der Waals surface area contributed by atoms with Crippen LogP contribution < -0.4 is 0 Å². The molecule has 3 rings (SSSR count). The molecule has 1 aromatic heterocycles. The van der Waals surface area contributed by atoms with E-state index in [0.717, 1.165) is 22.0 Å². The molecule has 21 heavy (non-hydrogen) atoms. The summed E-state index contributed by atoms with van der Waals surface area (Å²) in [4.78, 5) is 4.32. The second-order valence-electron chi connectivity index (χ2n) is 5.18. The maximum Gasteiger partial charge on any atom is 0.123 e. The van der Waals surface area contributed by atoms with Crippen LogP contribution in [0.2, 0.25) is 0 Å². The van der Waals surface area contributed by atoms with Crippen molar-refractivity contribution in [2.45, 2.75) is 18.9 Å². The molecule has 3 aromatic rings. The summed E-state index contributed by atoms with van der Waals surface area (Å²) in [5, 5.41) is 11.3. The van der Waals surface area contributed by atoms with E-state index in [4.69, 9.17) is 0 Å². The molecule has 106 valence electrons. The smallest absolute Gasteiger partial charge is 0.123 e. The number of para-hydroxylation sites is 1. The lowest BCUT2D eigenvalue weighted by atomic mass is 9.99. The van der Waals surface area contributed by atoms with Gasteiger partial charge >= 0.3 is 0 Å². The van der Waals surface area contributed by atoms with Gasteiger partial charge in [-0.15, -0.1) is 0 Å². The first-order valence-electron chi connectivity index (χ1n) is 6.97. The lowest BCUT2D eigenvalue weighted by Gasteiger charge is -2.12. The van der Waals surface area contributed by atoms with Gasteiger partial charge in [0.05, 0.1) is 11.6 Å². The predicted octanol–water partition coefficient (Wildman–Crippen LogP) is 3.52. The quantitative estimate of drug-likeness (QED) is 0.793. The van der Waals surface area contributed by atoms with Gasteiger partial charge in [0.2, 0.25) is 0 Å². The van der Waals surface area contributed by atoms with E-state index in [2.05, 4.69) is 4.98 Å². The molecule has 0 saturated carbocycles. The molecule has 0 aliphatic heterocycles. The average Bonchev–Trinajstić information content (AvgIpc) is 2.50. The van der Waals surface area contributed by atoms with Gasteiger partial charge in [-0.2, -0.15) is 0 Å². The fourth-order valence-corrected chi connectivity index (χ4v) is 2.55. The molecule has 0 amide bonds. The number of pyridine rings is 1. The number of hydrogen-bond acceptors (Lipinski definition) is 2. The van der Waals surface area contributed by atoms with E-state index in [1.165, 1.54) is 12.1 Å². The number of aromatic nitrogens is 1. The Morgan fingerprint density at radius 1 is 0.952 bits per heavy atom. The van der Waals surface area contributed by atoms with Gasteiger partial charge in [-0.25, -0.2) is 4.39 Å². The van der Waals surface area contributed by atoms with Crippen molar-refractivity contribution >= 4 is 10.9 Å². The van der Waals surface area contributed by atoms with Crippen LogP contribution in [0.4, 0.5) is 4.39 Å². The molecule has 3 heteroatoms. The molecule has 0 bridgehead atoms. The molecule has 1 atom stereocenters. The summed E-state index contributed by atoms with van der Waals surface area (Å²) < 4.78 is 12.9. The van der Waals surface area contributed by atoms with Crippen LogP contribution in [-0.2, 0) is 12.8 Å². The van der Waals surface area contributed by atoms with Crippen LogP contribution in [0.15, 0.2) is 60.8 Å². The third kappa shape index (κ3) is 3.26. The minimum absolute atomic E-state index is 0.256. The topological polar surface area (TPSA) is 33.1 Å². The molecule has 0 radical (unpaired) electrons. The molecule has 2 nitrogen and oxygen atoms in total. The van der Waals surface area contributed by atoms with Crippen LogP contribution in [0.1, 0.15) is 11.1 Å². The Morgan fingerprint density at radius 2 is 1.71 bits per heavy atom. The van der Waals surface area contributed by atoms with Gasteiger partial charge < -0.3 is 5.11 Å². The monoisotopic (exact) mass is 281 g/mol. The van der Waals surface area contributed by atoms with Gasteiger partial charge in [-0.05, 0) is 48.2 Å². The zero-order chi connectivity index (χ0) is 14.7. The third-order valence-corrected chi connectivity index (χ3v) is 3.58. The van der Waals surface area contributed by atoms with Crippen molar-refractivity contribution in [1.82, 2.24) is 4.98 Å². The molecule has 1 unspecified atom stereocenters. The Morgan fingerprint density at radius 3 is 2.52 bits per heavy atom. The third-order valence-electron chi connectivity index (χ3n) is 3.58. The maximum absolute atomic E-state index is 12.9. The number of hydrogen-bond donors (Lipinski definition) is 1. The normalized spacial score (nSPS) is 12.5. The number of rotatable bonds is 4. The standard InChI is InChI=1S/C18H16FNO/c19-15-7-5-13(6-8-15)11-16(21)12-14-9-10-20-18-4-2-1-3-17(14)18/h1-10,16,21H,11-12H2.